The van der Waals surface area contributed by atoms with Crippen LogP contribution in [0.25, 0.3) is 0 Å². The predicted octanol–water partition coefficient (Wildman–Crippen LogP) is 3.33. The molecule has 0 spiro atoms. The standard InChI is InChI=1S/C15H15O2P/c1-11-7-6-8-12(2)14(11)15(16)18(17)13-9-4-3-5-10-13/h3-10,18H,1-2H3. The van der Waals surface area contributed by atoms with Crippen molar-refractivity contribution in [1.29, 1.82) is 0 Å². The Balaban J connectivity index is 2.41. The van der Waals surface area contributed by atoms with E-state index in [1.54, 1.807) is 24.3 Å². The van der Waals surface area contributed by atoms with Gasteiger partial charge in [0.15, 0.2) is 7.80 Å². The van der Waals surface area contributed by atoms with Crippen LogP contribution in [0.5, 0.6) is 0 Å². The Morgan fingerprint density at radius 1 is 0.889 bits per heavy atom. The third-order valence-corrected chi connectivity index (χ3v) is 4.47. The van der Waals surface area contributed by atoms with Crippen LogP contribution in [-0.4, -0.2) is 5.52 Å². The average molecular weight is 258 g/mol. The number of benzene rings is 2. The van der Waals surface area contributed by atoms with Crippen LogP contribution in [0, 0.1) is 13.8 Å². The number of hydrogen-bond acceptors (Lipinski definition) is 2. The Bertz CT molecular complexity index is 583. The van der Waals surface area contributed by atoms with Crippen molar-refractivity contribution in [3.63, 3.8) is 0 Å². The molecule has 0 saturated heterocycles. The molecule has 18 heavy (non-hydrogen) atoms. The lowest BCUT2D eigenvalue weighted by Gasteiger charge is -2.08. The summed E-state index contributed by atoms with van der Waals surface area (Å²) in [5.74, 6) is 0. The van der Waals surface area contributed by atoms with Gasteiger partial charge in [-0.05, 0) is 25.0 Å². The molecule has 1 atom stereocenters. The summed E-state index contributed by atoms with van der Waals surface area (Å²) in [6.45, 7) is 3.75. The van der Waals surface area contributed by atoms with Gasteiger partial charge < -0.3 is 4.57 Å². The minimum atomic E-state index is -2.43. The smallest absolute Gasteiger partial charge is 0.223 e. The summed E-state index contributed by atoms with van der Waals surface area (Å²) in [7, 11) is -2.43. The van der Waals surface area contributed by atoms with E-state index in [0.717, 1.165) is 11.1 Å². The second kappa shape index (κ2) is 5.32. The lowest BCUT2D eigenvalue weighted by Crippen LogP contribution is -2.06. The third-order valence-electron chi connectivity index (χ3n) is 2.95. The number of carbonyl (C=O) groups is 1. The molecule has 0 N–H and O–H groups in total. The van der Waals surface area contributed by atoms with Crippen molar-refractivity contribution in [2.75, 3.05) is 0 Å². The number of aryl methyl sites for hydroxylation is 2. The van der Waals surface area contributed by atoms with E-state index in [0.29, 0.717) is 10.9 Å². The summed E-state index contributed by atoms with van der Waals surface area (Å²) in [6, 6.07) is 14.6. The molecule has 1 unspecified atom stereocenters. The molecule has 0 aliphatic rings. The molecule has 3 heteroatoms. The van der Waals surface area contributed by atoms with Crippen LogP contribution in [0.2, 0.25) is 0 Å². The van der Waals surface area contributed by atoms with Crippen molar-refractivity contribution in [3.8, 4) is 0 Å². The Morgan fingerprint density at radius 3 is 2.00 bits per heavy atom. The van der Waals surface area contributed by atoms with Gasteiger partial charge in [-0.1, -0.05) is 48.5 Å². The molecule has 0 amide bonds. The molecule has 0 aliphatic carbocycles. The van der Waals surface area contributed by atoms with Crippen LogP contribution in [0.1, 0.15) is 21.5 Å². The zero-order valence-corrected chi connectivity index (χ0v) is 11.4. The Morgan fingerprint density at radius 2 is 1.44 bits per heavy atom. The maximum absolute atomic E-state index is 12.3. The van der Waals surface area contributed by atoms with Crippen LogP contribution in [-0.2, 0) is 4.57 Å². The first-order valence-electron chi connectivity index (χ1n) is 5.81. The fourth-order valence-corrected chi connectivity index (χ4v) is 3.39. The molecule has 2 rings (SSSR count). The minimum absolute atomic E-state index is 0.248. The SMILES string of the molecule is Cc1cccc(C)c1C(=O)[PH](=O)c1ccccc1. The Hall–Kier alpha value is -1.66. The molecule has 0 bridgehead atoms. The van der Waals surface area contributed by atoms with Gasteiger partial charge in [-0.15, -0.1) is 0 Å². The summed E-state index contributed by atoms with van der Waals surface area (Å²) >= 11 is 0. The van der Waals surface area contributed by atoms with Crippen molar-refractivity contribution in [2.45, 2.75) is 13.8 Å². The molecule has 0 saturated carbocycles. The van der Waals surface area contributed by atoms with Gasteiger partial charge in [0, 0.05) is 10.9 Å². The van der Waals surface area contributed by atoms with Crippen LogP contribution in [0.3, 0.4) is 0 Å². The lowest BCUT2D eigenvalue weighted by atomic mass is 10.0. The van der Waals surface area contributed by atoms with Gasteiger partial charge >= 0.3 is 0 Å². The van der Waals surface area contributed by atoms with E-state index in [1.165, 1.54) is 0 Å². The van der Waals surface area contributed by atoms with Crippen LogP contribution in [0.15, 0.2) is 48.5 Å². The first-order chi connectivity index (χ1) is 8.61. The van der Waals surface area contributed by atoms with Crippen LogP contribution >= 0.6 is 7.80 Å². The molecular weight excluding hydrogens is 243 g/mol. The van der Waals surface area contributed by atoms with Crippen molar-refractivity contribution in [2.24, 2.45) is 0 Å². The third kappa shape index (κ3) is 2.44. The van der Waals surface area contributed by atoms with E-state index in [9.17, 15) is 9.36 Å². The van der Waals surface area contributed by atoms with Gasteiger partial charge in [-0.25, -0.2) is 0 Å². The van der Waals surface area contributed by atoms with Crippen molar-refractivity contribution in [1.82, 2.24) is 0 Å². The van der Waals surface area contributed by atoms with Gasteiger partial charge in [0.2, 0.25) is 5.52 Å². The summed E-state index contributed by atoms with van der Waals surface area (Å²) < 4.78 is 12.3. The van der Waals surface area contributed by atoms with E-state index >= 15 is 0 Å². The molecule has 0 aliphatic heterocycles. The van der Waals surface area contributed by atoms with Gasteiger partial charge in [0.1, 0.15) is 0 Å². The average Bonchev–Trinajstić information content (AvgIpc) is 2.38. The topological polar surface area (TPSA) is 34.1 Å². The van der Waals surface area contributed by atoms with Crippen LogP contribution < -0.4 is 5.30 Å². The Kier molecular flexibility index (Phi) is 3.78. The van der Waals surface area contributed by atoms with Gasteiger partial charge in [0.25, 0.3) is 0 Å². The minimum Gasteiger partial charge on any atom is -0.313 e. The second-order valence-corrected chi connectivity index (χ2v) is 5.98. The summed E-state index contributed by atoms with van der Waals surface area (Å²) in [4.78, 5) is 12.3. The van der Waals surface area contributed by atoms with Gasteiger partial charge in [0.05, 0.1) is 0 Å². The number of hydrogen-bond donors (Lipinski definition) is 0. The molecule has 92 valence electrons. The summed E-state index contributed by atoms with van der Waals surface area (Å²) in [5, 5.41) is 0.621. The van der Waals surface area contributed by atoms with E-state index in [2.05, 4.69) is 0 Å². The summed E-state index contributed by atoms with van der Waals surface area (Å²) in [6.07, 6.45) is 0. The zero-order valence-electron chi connectivity index (χ0n) is 10.4. The number of rotatable bonds is 3. The highest BCUT2D eigenvalue weighted by molar-refractivity contribution is 7.71. The van der Waals surface area contributed by atoms with E-state index < -0.39 is 7.80 Å². The largest absolute Gasteiger partial charge is 0.313 e. The fraction of sp³-hybridized carbons (Fsp3) is 0.133. The van der Waals surface area contributed by atoms with Crippen molar-refractivity contribution >= 4 is 18.6 Å². The number of carbonyl (C=O) groups excluding carboxylic acids is 1. The molecular formula is C15H15O2P. The van der Waals surface area contributed by atoms with Crippen molar-refractivity contribution < 1.29 is 9.36 Å². The molecule has 0 fully saturated rings. The summed E-state index contributed by atoms with van der Waals surface area (Å²) in [5.41, 5.74) is 2.12. The first kappa shape index (κ1) is 12.8. The normalized spacial score (nSPS) is 12.1. The van der Waals surface area contributed by atoms with Crippen molar-refractivity contribution in [3.05, 3.63) is 65.2 Å². The predicted molar refractivity (Wildman–Crippen MR) is 75.3 cm³/mol. The molecule has 0 aromatic heterocycles. The molecule has 2 aromatic rings. The quantitative estimate of drug-likeness (QED) is 0.791. The van der Waals surface area contributed by atoms with E-state index in [4.69, 9.17) is 0 Å². The highest BCUT2D eigenvalue weighted by Crippen LogP contribution is 2.29. The maximum Gasteiger partial charge on any atom is 0.223 e. The fourth-order valence-electron chi connectivity index (χ4n) is 2.01. The molecule has 0 radical (unpaired) electrons. The van der Waals surface area contributed by atoms with Crippen LogP contribution in [0.4, 0.5) is 0 Å². The van der Waals surface area contributed by atoms with Gasteiger partial charge in [-0.2, -0.15) is 0 Å². The van der Waals surface area contributed by atoms with E-state index in [1.807, 2.05) is 38.1 Å². The first-order valence-corrected chi connectivity index (χ1v) is 7.22. The molecule has 0 heterocycles. The molecule has 2 aromatic carbocycles. The zero-order chi connectivity index (χ0) is 13.1. The monoisotopic (exact) mass is 258 g/mol. The second-order valence-electron chi connectivity index (χ2n) is 4.29. The molecule has 2 nitrogen and oxygen atoms in total. The highest BCUT2D eigenvalue weighted by Gasteiger charge is 2.19. The Labute approximate surface area is 107 Å². The highest BCUT2D eigenvalue weighted by atomic mass is 31.1. The van der Waals surface area contributed by atoms with E-state index in [-0.39, 0.29) is 5.52 Å². The maximum atomic E-state index is 12.3. The van der Waals surface area contributed by atoms with Gasteiger partial charge in [-0.3, -0.25) is 4.79 Å². The lowest BCUT2D eigenvalue weighted by molar-refractivity contribution is 0.107.